The Morgan fingerprint density at radius 1 is 1.39 bits per heavy atom. The number of hydrogen-bond acceptors (Lipinski definition) is 4. The van der Waals surface area contributed by atoms with E-state index in [-0.39, 0.29) is 18.5 Å². The van der Waals surface area contributed by atoms with Gasteiger partial charge < -0.3 is 10.1 Å². The highest BCUT2D eigenvalue weighted by molar-refractivity contribution is 7.92. The van der Waals surface area contributed by atoms with Gasteiger partial charge in [0.15, 0.2) is 0 Å². The van der Waals surface area contributed by atoms with Gasteiger partial charge in [0, 0.05) is 25.1 Å². The van der Waals surface area contributed by atoms with Gasteiger partial charge in [0.05, 0.1) is 19.1 Å². The fraction of sp³-hybridized carbons (Fsp3) is 0.562. The van der Waals surface area contributed by atoms with Crippen LogP contribution in [0.4, 0.5) is 5.69 Å². The number of amides is 1. The molecule has 0 saturated heterocycles. The van der Waals surface area contributed by atoms with Gasteiger partial charge in [0.1, 0.15) is 5.75 Å². The first-order valence-electron chi connectivity index (χ1n) is 7.69. The number of carbonyl (C=O) groups excluding carboxylic acids is 1. The van der Waals surface area contributed by atoms with Gasteiger partial charge in [0.2, 0.25) is 15.9 Å². The van der Waals surface area contributed by atoms with Crippen LogP contribution in [0.3, 0.4) is 0 Å². The summed E-state index contributed by atoms with van der Waals surface area (Å²) in [5.74, 6) is 0.532. The van der Waals surface area contributed by atoms with Crippen molar-refractivity contribution < 1.29 is 17.9 Å². The van der Waals surface area contributed by atoms with Crippen LogP contribution in [0.1, 0.15) is 33.1 Å². The minimum Gasteiger partial charge on any atom is -0.497 e. The summed E-state index contributed by atoms with van der Waals surface area (Å²) in [5, 5.41) is 2.87. The van der Waals surface area contributed by atoms with E-state index in [0.29, 0.717) is 24.3 Å². The predicted molar refractivity (Wildman–Crippen MR) is 92.3 cm³/mol. The summed E-state index contributed by atoms with van der Waals surface area (Å²) < 4.78 is 30.5. The maximum absolute atomic E-state index is 12.0. The zero-order valence-electron chi connectivity index (χ0n) is 14.2. The second kappa shape index (κ2) is 8.76. The normalized spacial score (nSPS) is 12.5. The molecule has 0 bridgehead atoms. The molecule has 0 spiro atoms. The van der Waals surface area contributed by atoms with Gasteiger partial charge in [-0.3, -0.25) is 9.10 Å². The molecule has 1 N–H and O–H groups in total. The predicted octanol–water partition coefficient (Wildman–Crippen LogP) is 2.16. The summed E-state index contributed by atoms with van der Waals surface area (Å²) in [7, 11) is -1.89. The lowest BCUT2D eigenvalue weighted by Gasteiger charge is -2.23. The highest BCUT2D eigenvalue weighted by atomic mass is 32.2. The van der Waals surface area contributed by atoms with Crippen LogP contribution in [0.5, 0.6) is 5.75 Å². The Hall–Kier alpha value is -1.76. The summed E-state index contributed by atoms with van der Waals surface area (Å²) in [6, 6.07) is 7.00. The molecule has 0 aromatic heterocycles. The van der Waals surface area contributed by atoms with Crippen molar-refractivity contribution in [1.29, 1.82) is 0 Å². The molecule has 1 aromatic rings. The third kappa shape index (κ3) is 6.48. The second-order valence-corrected chi connectivity index (χ2v) is 7.42. The van der Waals surface area contributed by atoms with Crippen LogP contribution in [0.15, 0.2) is 24.3 Å². The Morgan fingerprint density at radius 2 is 2.09 bits per heavy atom. The Morgan fingerprint density at radius 3 is 2.65 bits per heavy atom. The van der Waals surface area contributed by atoms with Crippen LogP contribution in [-0.4, -0.2) is 40.3 Å². The number of methoxy groups -OCH3 is 1. The lowest BCUT2D eigenvalue weighted by Crippen LogP contribution is -2.34. The Balaban J connectivity index is 2.72. The molecule has 1 rings (SSSR count). The highest BCUT2D eigenvalue weighted by Crippen LogP contribution is 2.23. The molecule has 1 atom stereocenters. The first-order chi connectivity index (χ1) is 10.8. The van der Waals surface area contributed by atoms with E-state index in [1.807, 2.05) is 13.8 Å². The zero-order valence-corrected chi connectivity index (χ0v) is 15.0. The number of hydrogen-bond donors (Lipinski definition) is 1. The fourth-order valence-corrected chi connectivity index (χ4v) is 3.04. The van der Waals surface area contributed by atoms with Crippen molar-refractivity contribution in [3.8, 4) is 5.75 Å². The molecule has 0 heterocycles. The third-order valence-electron chi connectivity index (χ3n) is 3.53. The average molecular weight is 342 g/mol. The number of nitrogens with one attached hydrogen (secondary N) is 1. The van der Waals surface area contributed by atoms with Gasteiger partial charge in [-0.05, 0) is 31.9 Å². The first-order valence-corrected chi connectivity index (χ1v) is 9.54. The number of carbonyl (C=O) groups is 1. The monoisotopic (exact) mass is 342 g/mol. The van der Waals surface area contributed by atoms with Crippen LogP contribution in [-0.2, 0) is 14.8 Å². The summed E-state index contributed by atoms with van der Waals surface area (Å²) in [4.78, 5) is 11.8. The first kappa shape index (κ1) is 19.3. The number of rotatable bonds is 9. The van der Waals surface area contributed by atoms with Gasteiger partial charge in [-0.25, -0.2) is 8.42 Å². The smallest absolute Gasteiger partial charge is 0.232 e. The van der Waals surface area contributed by atoms with Gasteiger partial charge in [0.25, 0.3) is 0 Å². The van der Waals surface area contributed by atoms with E-state index in [0.717, 1.165) is 12.7 Å². The van der Waals surface area contributed by atoms with Crippen LogP contribution in [0.25, 0.3) is 0 Å². The third-order valence-corrected chi connectivity index (χ3v) is 4.72. The van der Waals surface area contributed by atoms with Crippen molar-refractivity contribution in [2.24, 2.45) is 0 Å². The molecule has 0 aliphatic carbocycles. The molecule has 1 aromatic carbocycles. The van der Waals surface area contributed by atoms with Crippen molar-refractivity contribution in [2.75, 3.05) is 24.2 Å². The van der Waals surface area contributed by atoms with Gasteiger partial charge in [-0.1, -0.05) is 13.0 Å². The van der Waals surface area contributed by atoms with E-state index < -0.39 is 10.0 Å². The molecule has 0 radical (unpaired) electrons. The second-order valence-electron chi connectivity index (χ2n) is 5.52. The highest BCUT2D eigenvalue weighted by Gasteiger charge is 2.18. The molecule has 23 heavy (non-hydrogen) atoms. The molecular formula is C16H26N2O4S. The Bertz CT molecular complexity index is 616. The quantitative estimate of drug-likeness (QED) is 0.746. The van der Waals surface area contributed by atoms with Crippen LogP contribution < -0.4 is 14.4 Å². The summed E-state index contributed by atoms with van der Waals surface area (Å²) in [5.41, 5.74) is 0.536. The van der Waals surface area contributed by atoms with Gasteiger partial charge in [-0.2, -0.15) is 0 Å². The van der Waals surface area contributed by atoms with Crippen molar-refractivity contribution in [1.82, 2.24) is 5.32 Å². The Kier molecular flexibility index (Phi) is 7.35. The number of nitrogens with zero attached hydrogens (tertiary/aromatic N) is 1. The SMILES string of the molecule is CCC(C)NC(=O)CCCN(c1cccc(OC)c1)S(C)(=O)=O. The van der Waals surface area contributed by atoms with E-state index in [9.17, 15) is 13.2 Å². The average Bonchev–Trinajstić information content (AvgIpc) is 2.50. The standard InChI is InChI=1S/C16H26N2O4S/c1-5-13(2)17-16(19)10-7-11-18(23(4,20)21)14-8-6-9-15(12-14)22-3/h6,8-9,12-13H,5,7,10-11H2,1-4H3,(H,17,19). The topological polar surface area (TPSA) is 75.7 Å². The van der Waals surface area contributed by atoms with Crippen molar-refractivity contribution in [3.05, 3.63) is 24.3 Å². The van der Waals surface area contributed by atoms with E-state index in [2.05, 4.69) is 5.32 Å². The van der Waals surface area contributed by atoms with Crippen molar-refractivity contribution in [2.45, 2.75) is 39.2 Å². The minimum absolute atomic E-state index is 0.0570. The van der Waals surface area contributed by atoms with Crippen LogP contribution in [0, 0.1) is 0 Å². The Labute approximate surface area is 138 Å². The number of sulfonamides is 1. The maximum Gasteiger partial charge on any atom is 0.232 e. The minimum atomic E-state index is -3.42. The van der Waals surface area contributed by atoms with E-state index in [4.69, 9.17) is 4.74 Å². The van der Waals surface area contributed by atoms with E-state index in [1.165, 1.54) is 11.4 Å². The van der Waals surface area contributed by atoms with E-state index in [1.54, 1.807) is 24.3 Å². The zero-order chi connectivity index (χ0) is 17.5. The lowest BCUT2D eigenvalue weighted by molar-refractivity contribution is -0.121. The van der Waals surface area contributed by atoms with E-state index >= 15 is 0 Å². The molecule has 1 unspecified atom stereocenters. The van der Waals surface area contributed by atoms with Crippen molar-refractivity contribution >= 4 is 21.6 Å². The number of ether oxygens (including phenoxy) is 1. The molecule has 130 valence electrons. The number of benzene rings is 1. The lowest BCUT2D eigenvalue weighted by atomic mass is 10.2. The van der Waals surface area contributed by atoms with Crippen LogP contribution in [0.2, 0.25) is 0 Å². The summed E-state index contributed by atoms with van der Waals surface area (Å²) in [6.45, 7) is 4.19. The molecule has 1 amide bonds. The summed E-state index contributed by atoms with van der Waals surface area (Å²) in [6.07, 6.45) is 2.77. The molecular weight excluding hydrogens is 316 g/mol. The molecule has 0 saturated carbocycles. The van der Waals surface area contributed by atoms with Gasteiger partial charge >= 0.3 is 0 Å². The largest absolute Gasteiger partial charge is 0.497 e. The molecule has 6 nitrogen and oxygen atoms in total. The van der Waals surface area contributed by atoms with Gasteiger partial charge in [-0.15, -0.1) is 0 Å². The van der Waals surface area contributed by atoms with Crippen molar-refractivity contribution in [3.63, 3.8) is 0 Å². The molecule has 0 fully saturated rings. The molecule has 7 heteroatoms. The molecule has 0 aliphatic heterocycles. The fourth-order valence-electron chi connectivity index (χ4n) is 2.08. The maximum atomic E-state index is 12.0. The number of anilines is 1. The van der Waals surface area contributed by atoms with Crippen LogP contribution >= 0.6 is 0 Å². The summed E-state index contributed by atoms with van der Waals surface area (Å²) >= 11 is 0. The molecule has 0 aliphatic rings.